The molecule has 1 aliphatic rings. The molecule has 1 heterocycles. The maximum absolute atomic E-state index is 12.8. The topological polar surface area (TPSA) is 62.6 Å². The van der Waals surface area contributed by atoms with E-state index in [1.165, 1.54) is 6.42 Å². The summed E-state index contributed by atoms with van der Waals surface area (Å²) in [5.41, 5.74) is 0. The van der Waals surface area contributed by atoms with Crippen molar-refractivity contribution in [2.75, 3.05) is 13.6 Å². The van der Waals surface area contributed by atoms with E-state index in [1.54, 1.807) is 24.3 Å². The van der Waals surface area contributed by atoms with Gasteiger partial charge in [-0.25, -0.2) is 8.42 Å². The summed E-state index contributed by atoms with van der Waals surface area (Å²) >= 11 is 0. The highest BCUT2D eigenvalue weighted by atomic mass is 32.2. The first kappa shape index (κ1) is 16.5. The smallest absolute Gasteiger partial charge is 0.246 e. The van der Waals surface area contributed by atoms with Gasteiger partial charge >= 0.3 is 0 Å². The van der Waals surface area contributed by atoms with Crippen molar-refractivity contribution >= 4 is 10.0 Å². The summed E-state index contributed by atoms with van der Waals surface area (Å²) in [6.45, 7) is 5.10. The Morgan fingerprint density at radius 2 is 2.00 bits per heavy atom. The minimum absolute atomic E-state index is 0.121. The normalized spacial score (nSPS) is 17.5. The van der Waals surface area contributed by atoms with Gasteiger partial charge < -0.3 is 9.73 Å². The molecule has 0 spiro atoms. The van der Waals surface area contributed by atoms with Crippen LogP contribution >= 0.6 is 0 Å². The molecule has 0 aliphatic heterocycles. The highest BCUT2D eigenvalue weighted by Crippen LogP contribution is 2.29. The van der Waals surface area contributed by atoms with E-state index >= 15 is 0 Å². The summed E-state index contributed by atoms with van der Waals surface area (Å²) in [5.74, 6) is 1.15. The van der Waals surface area contributed by atoms with Gasteiger partial charge in [-0.1, -0.05) is 26.2 Å². The molecule has 0 amide bonds. The largest absolute Gasteiger partial charge is 0.464 e. The third kappa shape index (κ3) is 3.67. The molecule has 2 rings (SSSR count). The zero-order valence-corrected chi connectivity index (χ0v) is 14.0. The van der Waals surface area contributed by atoms with Gasteiger partial charge in [0.25, 0.3) is 0 Å². The van der Waals surface area contributed by atoms with Gasteiger partial charge in [0.05, 0.1) is 6.54 Å². The molecule has 0 atom stereocenters. The Bertz CT molecular complexity index is 559. The molecule has 1 saturated carbocycles. The molecule has 21 heavy (non-hydrogen) atoms. The minimum atomic E-state index is -3.46. The lowest BCUT2D eigenvalue weighted by Crippen LogP contribution is -2.38. The lowest BCUT2D eigenvalue weighted by atomic mass is 9.96. The number of sulfonamides is 1. The van der Waals surface area contributed by atoms with E-state index < -0.39 is 10.0 Å². The lowest BCUT2D eigenvalue weighted by molar-refractivity contribution is 0.285. The van der Waals surface area contributed by atoms with Gasteiger partial charge in [-0.15, -0.1) is 0 Å². The summed E-state index contributed by atoms with van der Waals surface area (Å²) in [6, 6.07) is 1.78. The van der Waals surface area contributed by atoms with E-state index in [0.29, 0.717) is 23.0 Å². The van der Waals surface area contributed by atoms with Crippen LogP contribution in [0, 0.1) is 6.92 Å². The summed E-state index contributed by atoms with van der Waals surface area (Å²) < 4.78 is 32.7. The molecule has 1 fully saturated rings. The maximum atomic E-state index is 12.8. The summed E-state index contributed by atoms with van der Waals surface area (Å²) in [7, 11) is -1.77. The van der Waals surface area contributed by atoms with E-state index in [0.717, 1.165) is 32.2 Å². The van der Waals surface area contributed by atoms with Crippen molar-refractivity contribution < 1.29 is 12.8 Å². The monoisotopic (exact) mass is 314 g/mol. The van der Waals surface area contributed by atoms with Crippen LogP contribution in [0.1, 0.15) is 50.5 Å². The molecule has 1 N–H and O–H groups in total. The van der Waals surface area contributed by atoms with Crippen molar-refractivity contribution in [1.82, 2.24) is 9.62 Å². The fourth-order valence-electron chi connectivity index (χ4n) is 2.91. The van der Waals surface area contributed by atoms with Crippen LogP contribution < -0.4 is 5.32 Å². The molecule has 0 radical (unpaired) electrons. The maximum Gasteiger partial charge on any atom is 0.246 e. The van der Waals surface area contributed by atoms with Crippen LogP contribution in [0.2, 0.25) is 0 Å². The zero-order chi connectivity index (χ0) is 15.5. The van der Waals surface area contributed by atoms with Gasteiger partial charge in [-0.3, -0.25) is 0 Å². The minimum Gasteiger partial charge on any atom is -0.464 e. The molecule has 1 aliphatic carbocycles. The standard InChI is InChI=1S/C15H26N2O3S/c1-4-16-11-14-10-15(12(2)20-14)21(18,19)17(3)13-8-6-5-7-9-13/h10,13,16H,4-9,11H2,1-3H3. The molecule has 1 aromatic rings. The fraction of sp³-hybridized carbons (Fsp3) is 0.733. The predicted molar refractivity (Wildman–Crippen MR) is 82.6 cm³/mol. The third-order valence-corrected chi connectivity index (χ3v) is 6.24. The van der Waals surface area contributed by atoms with E-state index in [9.17, 15) is 8.42 Å². The lowest BCUT2D eigenvalue weighted by Gasteiger charge is -2.30. The Morgan fingerprint density at radius 1 is 1.33 bits per heavy atom. The van der Waals surface area contributed by atoms with Crippen LogP contribution in [0.3, 0.4) is 0 Å². The van der Waals surface area contributed by atoms with Crippen LogP contribution in [-0.2, 0) is 16.6 Å². The first-order valence-electron chi connectivity index (χ1n) is 7.75. The highest BCUT2D eigenvalue weighted by molar-refractivity contribution is 7.89. The molecule has 5 nitrogen and oxygen atoms in total. The van der Waals surface area contributed by atoms with E-state index in [4.69, 9.17) is 4.42 Å². The quantitative estimate of drug-likeness (QED) is 0.877. The first-order chi connectivity index (χ1) is 9.96. The average Bonchev–Trinajstić information content (AvgIpc) is 2.87. The predicted octanol–water partition coefficient (Wildman–Crippen LogP) is 2.65. The number of hydrogen-bond donors (Lipinski definition) is 1. The Morgan fingerprint density at radius 3 is 2.62 bits per heavy atom. The van der Waals surface area contributed by atoms with Gasteiger partial charge in [0, 0.05) is 19.2 Å². The molecule has 1 aromatic heterocycles. The van der Waals surface area contributed by atoms with Crippen LogP contribution in [0.4, 0.5) is 0 Å². The Kier molecular flexibility index (Phi) is 5.46. The molecular formula is C15H26N2O3S. The molecule has 0 unspecified atom stereocenters. The SMILES string of the molecule is CCNCc1cc(S(=O)(=O)N(C)C2CCCCC2)c(C)o1. The molecule has 6 heteroatoms. The highest BCUT2D eigenvalue weighted by Gasteiger charge is 2.31. The Balaban J connectivity index is 2.19. The van der Waals surface area contributed by atoms with Crippen molar-refractivity contribution in [3.63, 3.8) is 0 Å². The number of nitrogens with one attached hydrogen (secondary N) is 1. The summed E-state index contributed by atoms with van der Waals surface area (Å²) in [4.78, 5) is 0.309. The average molecular weight is 314 g/mol. The molecule has 0 bridgehead atoms. The van der Waals surface area contributed by atoms with Gasteiger partial charge in [-0.2, -0.15) is 4.31 Å². The Hall–Kier alpha value is -0.850. The van der Waals surface area contributed by atoms with Crippen molar-refractivity contribution in [2.45, 2.75) is 63.4 Å². The van der Waals surface area contributed by atoms with Crippen LogP contribution in [0.25, 0.3) is 0 Å². The van der Waals surface area contributed by atoms with E-state index in [1.807, 2.05) is 6.92 Å². The second kappa shape index (κ2) is 6.94. The second-order valence-corrected chi connectivity index (χ2v) is 7.69. The van der Waals surface area contributed by atoms with Gasteiger partial charge in [-0.05, 0) is 26.3 Å². The number of aryl methyl sites for hydroxylation is 1. The number of furan rings is 1. The third-order valence-electron chi connectivity index (χ3n) is 4.22. The fourth-order valence-corrected chi connectivity index (χ4v) is 4.51. The Labute approximate surface area is 127 Å². The number of hydrogen-bond acceptors (Lipinski definition) is 4. The van der Waals surface area contributed by atoms with E-state index in [-0.39, 0.29) is 6.04 Å². The molecule has 0 saturated heterocycles. The van der Waals surface area contributed by atoms with E-state index in [2.05, 4.69) is 5.32 Å². The first-order valence-corrected chi connectivity index (χ1v) is 9.19. The van der Waals surface area contributed by atoms with Crippen LogP contribution in [0.5, 0.6) is 0 Å². The summed E-state index contributed by atoms with van der Waals surface area (Å²) in [6.07, 6.45) is 5.34. The molecule has 120 valence electrons. The number of rotatable bonds is 6. The van der Waals surface area contributed by atoms with Crippen LogP contribution in [0.15, 0.2) is 15.4 Å². The van der Waals surface area contributed by atoms with Crippen molar-refractivity contribution in [3.8, 4) is 0 Å². The van der Waals surface area contributed by atoms with Gasteiger partial charge in [0.15, 0.2) is 0 Å². The summed E-state index contributed by atoms with van der Waals surface area (Å²) in [5, 5.41) is 3.15. The molecule has 0 aromatic carbocycles. The second-order valence-electron chi connectivity index (χ2n) is 5.73. The number of nitrogens with zero attached hydrogens (tertiary/aromatic N) is 1. The zero-order valence-electron chi connectivity index (χ0n) is 13.2. The van der Waals surface area contributed by atoms with Crippen molar-refractivity contribution in [1.29, 1.82) is 0 Å². The molecular weight excluding hydrogens is 288 g/mol. The van der Waals surface area contributed by atoms with Gasteiger partial charge in [0.1, 0.15) is 16.4 Å². The van der Waals surface area contributed by atoms with Crippen LogP contribution in [-0.4, -0.2) is 32.4 Å². The van der Waals surface area contributed by atoms with Crippen molar-refractivity contribution in [2.24, 2.45) is 0 Å². The van der Waals surface area contributed by atoms with Crippen molar-refractivity contribution in [3.05, 3.63) is 17.6 Å². The van der Waals surface area contributed by atoms with Gasteiger partial charge in [0.2, 0.25) is 10.0 Å².